The number of aromatic nitrogens is 2. The number of hydrogen-bond acceptors (Lipinski definition) is 4. The minimum Gasteiger partial charge on any atom is -0.364 e. The van der Waals surface area contributed by atoms with Crippen LogP contribution in [0.1, 0.15) is 23.7 Å². The minimum atomic E-state index is 0.325. The highest BCUT2D eigenvalue weighted by molar-refractivity contribution is 5.47. The molecule has 1 heterocycles. The van der Waals surface area contributed by atoms with Crippen molar-refractivity contribution in [2.45, 2.75) is 19.9 Å². The Bertz CT molecular complexity index is 572. The van der Waals surface area contributed by atoms with Gasteiger partial charge in [-0.15, -0.1) is 0 Å². The van der Waals surface area contributed by atoms with Crippen LogP contribution >= 0.6 is 0 Å². The predicted octanol–water partition coefficient (Wildman–Crippen LogP) is 2.52. The second kappa shape index (κ2) is 5.78. The number of nitrogens with one attached hydrogen (secondary N) is 1. The maximum absolute atomic E-state index is 8.92. The van der Waals surface area contributed by atoms with Crippen LogP contribution in [0.2, 0.25) is 0 Å². The summed E-state index contributed by atoms with van der Waals surface area (Å²) in [5.41, 5.74) is 2.84. The maximum atomic E-state index is 8.92. The zero-order chi connectivity index (χ0) is 12.8. The minimum absolute atomic E-state index is 0.325. The number of anilines is 1. The van der Waals surface area contributed by atoms with Gasteiger partial charge in [0.15, 0.2) is 11.5 Å². The van der Waals surface area contributed by atoms with Gasteiger partial charge >= 0.3 is 0 Å². The van der Waals surface area contributed by atoms with Crippen LogP contribution in [0.4, 0.5) is 5.82 Å². The summed E-state index contributed by atoms with van der Waals surface area (Å²) in [5.74, 6) is 0.533. The van der Waals surface area contributed by atoms with Crippen molar-refractivity contribution in [1.82, 2.24) is 9.97 Å². The Labute approximate surface area is 106 Å². The summed E-state index contributed by atoms with van der Waals surface area (Å²) in [6.45, 7) is 2.78. The van der Waals surface area contributed by atoms with E-state index in [9.17, 15) is 0 Å². The highest BCUT2D eigenvalue weighted by atomic mass is 15.0. The molecular weight excluding hydrogens is 224 g/mol. The van der Waals surface area contributed by atoms with Gasteiger partial charge in [-0.3, -0.25) is 0 Å². The van der Waals surface area contributed by atoms with Crippen LogP contribution in [-0.4, -0.2) is 9.97 Å². The van der Waals surface area contributed by atoms with Crippen molar-refractivity contribution in [3.05, 3.63) is 53.5 Å². The Balaban J connectivity index is 2.14. The van der Waals surface area contributed by atoms with E-state index in [4.69, 9.17) is 5.26 Å². The monoisotopic (exact) mass is 238 g/mol. The van der Waals surface area contributed by atoms with Crippen molar-refractivity contribution >= 4 is 5.82 Å². The van der Waals surface area contributed by atoms with Gasteiger partial charge in [0.05, 0.1) is 0 Å². The molecule has 2 aromatic rings. The Morgan fingerprint density at radius 3 is 2.61 bits per heavy atom. The topological polar surface area (TPSA) is 61.6 Å². The van der Waals surface area contributed by atoms with Crippen molar-refractivity contribution in [2.75, 3.05) is 5.32 Å². The Morgan fingerprint density at radius 1 is 1.17 bits per heavy atom. The standard InChI is InChI=1S/C14H14N4/c1-2-11-5-3-4-6-12(11)10-18-14-13(9-15)16-7-8-17-14/h3-8H,2,10H2,1H3,(H,17,18). The van der Waals surface area contributed by atoms with Gasteiger partial charge < -0.3 is 5.32 Å². The van der Waals surface area contributed by atoms with E-state index in [1.165, 1.54) is 17.3 Å². The number of nitriles is 1. The fourth-order valence-corrected chi connectivity index (χ4v) is 1.80. The zero-order valence-electron chi connectivity index (χ0n) is 10.2. The van der Waals surface area contributed by atoms with Crippen LogP contribution in [0.15, 0.2) is 36.7 Å². The van der Waals surface area contributed by atoms with Gasteiger partial charge in [-0.1, -0.05) is 31.2 Å². The summed E-state index contributed by atoms with van der Waals surface area (Å²) in [6.07, 6.45) is 4.09. The number of hydrogen-bond donors (Lipinski definition) is 1. The van der Waals surface area contributed by atoms with Crippen LogP contribution in [0.3, 0.4) is 0 Å². The molecule has 4 heteroatoms. The molecule has 0 saturated heterocycles. The molecule has 0 fully saturated rings. The van der Waals surface area contributed by atoms with E-state index in [0.29, 0.717) is 18.1 Å². The molecule has 0 bridgehead atoms. The lowest BCUT2D eigenvalue weighted by atomic mass is 10.1. The average Bonchev–Trinajstić information content (AvgIpc) is 2.45. The van der Waals surface area contributed by atoms with E-state index in [1.54, 1.807) is 6.20 Å². The molecule has 0 aliphatic carbocycles. The van der Waals surface area contributed by atoms with Crippen molar-refractivity contribution < 1.29 is 0 Å². The molecule has 0 aliphatic heterocycles. The molecule has 0 amide bonds. The summed E-state index contributed by atoms with van der Waals surface area (Å²) < 4.78 is 0. The first kappa shape index (κ1) is 12.1. The molecule has 1 aromatic heterocycles. The van der Waals surface area contributed by atoms with E-state index in [0.717, 1.165) is 6.42 Å². The maximum Gasteiger partial charge on any atom is 0.182 e. The summed E-state index contributed by atoms with van der Waals surface area (Å²) in [6, 6.07) is 10.3. The summed E-state index contributed by atoms with van der Waals surface area (Å²) >= 11 is 0. The quantitative estimate of drug-likeness (QED) is 0.889. The Kier molecular flexibility index (Phi) is 3.87. The first-order valence-electron chi connectivity index (χ1n) is 5.87. The molecule has 0 unspecified atom stereocenters. The number of rotatable bonds is 4. The second-order valence-electron chi connectivity index (χ2n) is 3.84. The van der Waals surface area contributed by atoms with Crippen LogP contribution in [0.25, 0.3) is 0 Å². The summed E-state index contributed by atoms with van der Waals surface area (Å²) in [4.78, 5) is 8.09. The van der Waals surface area contributed by atoms with Crippen LogP contribution in [0, 0.1) is 11.3 Å². The fraction of sp³-hybridized carbons (Fsp3) is 0.214. The van der Waals surface area contributed by atoms with Gasteiger partial charge in [0, 0.05) is 18.9 Å². The molecule has 0 radical (unpaired) electrons. The molecule has 0 spiro atoms. The van der Waals surface area contributed by atoms with Gasteiger partial charge in [0.25, 0.3) is 0 Å². The van der Waals surface area contributed by atoms with E-state index in [-0.39, 0.29) is 0 Å². The lowest BCUT2D eigenvalue weighted by Gasteiger charge is -2.09. The number of aryl methyl sites for hydroxylation is 1. The molecular formula is C14H14N4. The Hall–Kier alpha value is -2.41. The number of benzene rings is 1. The largest absolute Gasteiger partial charge is 0.364 e. The van der Waals surface area contributed by atoms with E-state index in [2.05, 4.69) is 34.3 Å². The van der Waals surface area contributed by atoms with Crippen molar-refractivity contribution in [3.63, 3.8) is 0 Å². The zero-order valence-corrected chi connectivity index (χ0v) is 10.2. The first-order valence-corrected chi connectivity index (χ1v) is 5.87. The lowest BCUT2D eigenvalue weighted by molar-refractivity contribution is 1.02. The predicted molar refractivity (Wildman–Crippen MR) is 69.9 cm³/mol. The third-order valence-electron chi connectivity index (χ3n) is 2.75. The highest BCUT2D eigenvalue weighted by Crippen LogP contribution is 2.13. The summed E-state index contributed by atoms with van der Waals surface area (Å²) in [7, 11) is 0. The molecule has 90 valence electrons. The van der Waals surface area contributed by atoms with Crippen LogP contribution in [0.5, 0.6) is 0 Å². The number of nitrogens with zero attached hydrogens (tertiary/aromatic N) is 3. The molecule has 1 N–H and O–H groups in total. The molecule has 0 aliphatic rings. The Morgan fingerprint density at radius 2 is 1.89 bits per heavy atom. The first-order chi connectivity index (χ1) is 8.85. The molecule has 0 atom stereocenters. The van der Waals surface area contributed by atoms with E-state index >= 15 is 0 Å². The fourth-order valence-electron chi connectivity index (χ4n) is 1.80. The average molecular weight is 238 g/mol. The molecule has 4 nitrogen and oxygen atoms in total. The van der Waals surface area contributed by atoms with Gasteiger partial charge in [-0.25, -0.2) is 9.97 Å². The third-order valence-corrected chi connectivity index (χ3v) is 2.75. The van der Waals surface area contributed by atoms with E-state index in [1.807, 2.05) is 18.2 Å². The van der Waals surface area contributed by atoms with Crippen LogP contribution < -0.4 is 5.32 Å². The van der Waals surface area contributed by atoms with Crippen molar-refractivity contribution in [1.29, 1.82) is 5.26 Å². The van der Waals surface area contributed by atoms with Gasteiger partial charge in [0.1, 0.15) is 6.07 Å². The molecule has 18 heavy (non-hydrogen) atoms. The SMILES string of the molecule is CCc1ccccc1CNc1nccnc1C#N. The van der Waals surface area contributed by atoms with E-state index < -0.39 is 0 Å². The smallest absolute Gasteiger partial charge is 0.182 e. The van der Waals surface area contributed by atoms with Crippen LogP contribution in [-0.2, 0) is 13.0 Å². The third kappa shape index (κ3) is 2.64. The molecule has 2 rings (SSSR count). The van der Waals surface area contributed by atoms with Crippen molar-refractivity contribution in [3.8, 4) is 6.07 Å². The summed E-state index contributed by atoms with van der Waals surface area (Å²) in [5, 5.41) is 12.1. The molecule has 0 saturated carbocycles. The second-order valence-corrected chi connectivity index (χ2v) is 3.84. The lowest BCUT2D eigenvalue weighted by Crippen LogP contribution is -2.06. The highest BCUT2D eigenvalue weighted by Gasteiger charge is 2.04. The van der Waals surface area contributed by atoms with Gasteiger partial charge in [0.2, 0.25) is 0 Å². The van der Waals surface area contributed by atoms with Gasteiger partial charge in [-0.05, 0) is 17.5 Å². The normalized spacial score (nSPS) is 9.78. The van der Waals surface area contributed by atoms with Gasteiger partial charge in [-0.2, -0.15) is 5.26 Å². The molecule has 1 aromatic carbocycles. The van der Waals surface area contributed by atoms with Crippen molar-refractivity contribution in [2.24, 2.45) is 0 Å².